The first-order chi connectivity index (χ1) is 52.2. The minimum Gasteiger partial charge on any atom is -0.481 e. The van der Waals surface area contributed by atoms with Gasteiger partial charge in [0, 0.05) is 110 Å². The van der Waals surface area contributed by atoms with Gasteiger partial charge in [0.1, 0.15) is 12.1 Å². The number of nitrogens with zero attached hydrogens (tertiary/aromatic N) is 8. The molecular formula is C70H118N14O24. The van der Waals surface area contributed by atoms with E-state index >= 15 is 0 Å². The zero-order chi connectivity index (χ0) is 78.2. The van der Waals surface area contributed by atoms with Crippen molar-refractivity contribution >= 4 is 77.3 Å². The molecule has 3 atom stereocenters. The summed E-state index contributed by atoms with van der Waals surface area (Å²) in [5.74, 6) is -6.88. The van der Waals surface area contributed by atoms with E-state index in [9.17, 15) is 68.7 Å². The molecule has 38 nitrogen and oxygen atoms in total. The van der Waals surface area contributed by atoms with Gasteiger partial charge in [0.05, 0.1) is 132 Å². The molecule has 0 spiro atoms. The molecule has 0 aliphatic carbocycles. The van der Waals surface area contributed by atoms with Crippen LogP contribution in [0.4, 0.5) is 28.3 Å². The van der Waals surface area contributed by atoms with Crippen LogP contribution in [0.1, 0.15) is 102 Å². The topological polar surface area (TPSA) is 496 Å². The van der Waals surface area contributed by atoms with Crippen molar-refractivity contribution in [2.24, 2.45) is 0 Å². The number of ether oxygens (including phenoxy) is 8. The predicted octanol–water partition coefficient (Wildman–Crippen LogP) is 1.30. The third-order valence-corrected chi connectivity index (χ3v) is 17.2. The highest BCUT2D eigenvalue weighted by molar-refractivity contribution is 5.86. The lowest BCUT2D eigenvalue weighted by Gasteiger charge is -2.36. The number of carbonyl (C=O) groups is 9. The second kappa shape index (κ2) is 58.2. The summed E-state index contributed by atoms with van der Waals surface area (Å²) in [6.45, 7) is 12.4. The first-order valence-electron chi connectivity index (χ1n) is 37.5. The van der Waals surface area contributed by atoms with Crippen molar-refractivity contribution in [1.82, 2.24) is 55.8 Å². The molecule has 3 amide bonds. The number of carbonyl (C=O) groups excluding carboxylic acids is 2. The third-order valence-electron chi connectivity index (χ3n) is 17.2. The van der Waals surface area contributed by atoms with E-state index in [1.807, 2.05) is 29.2 Å². The molecule has 0 bridgehead atoms. The van der Waals surface area contributed by atoms with E-state index < -0.39 is 72.4 Å². The molecular weight excluding hydrogens is 1420 g/mol. The monoisotopic (exact) mass is 1540 g/mol. The van der Waals surface area contributed by atoms with Gasteiger partial charge in [-0.3, -0.25) is 48.4 Å². The predicted molar refractivity (Wildman–Crippen MR) is 393 cm³/mol. The van der Waals surface area contributed by atoms with Crippen molar-refractivity contribution < 1.29 is 117 Å². The van der Waals surface area contributed by atoms with Gasteiger partial charge in [-0.05, 0) is 69.2 Å². The molecule has 2 aromatic rings. The van der Waals surface area contributed by atoms with Crippen LogP contribution in [0.5, 0.6) is 0 Å². The fourth-order valence-corrected chi connectivity index (χ4v) is 11.5. The highest BCUT2D eigenvalue weighted by Crippen LogP contribution is 2.22. The Labute approximate surface area is 630 Å². The lowest BCUT2D eigenvalue weighted by atomic mass is 10.0. The Hall–Kier alpha value is -7.86. The summed E-state index contributed by atoms with van der Waals surface area (Å²) in [4.78, 5) is 129. The molecule has 3 heterocycles. The van der Waals surface area contributed by atoms with Crippen LogP contribution in [0.25, 0.3) is 0 Å². The Morgan fingerprint density at radius 3 is 1.47 bits per heavy atom. The molecule has 2 saturated heterocycles. The highest BCUT2D eigenvalue weighted by atomic mass is 16.6. The molecule has 1 aromatic heterocycles. The quantitative estimate of drug-likeness (QED) is 0.0415. The van der Waals surface area contributed by atoms with Crippen molar-refractivity contribution in [2.75, 3.05) is 233 Å². The number of hydrogen-bond donors (Lipinski definition) is 13. The van der Waals surface area contributed by atoms with Crippen molar-refractivity contribution in [3.05, 3.63) is 29.8 Å². The molecule has 1 aromatic carbocycles. The summed E-state index contributed by atoms with van der Waals surface area (Å²) >= 11 is 0. The lowest BCUT2D eigenvalue weighted by Crippen LogP contribution is -2.52. The van der Waals surface area contributed by atoms with E-state index in [4.69, 9.17) is 63.1 Å². The number of urea groups is 1. The maximum atomic E-state index is 12.5. The number of nitrogens with one attached hydrogen (secondary N) is 6. The number of carboxylic acids is 7. The normalized spacial score (nSPS) is 15.6. The number of rotatable bonds is 62. The van der Waals surface area contributed by atoms with Crippen LogP contribution in [0.15, 0.2) is 24.3 Å². The number of carboxylic acid groups (broad SMARTS) is 7. The fourth-order valence-electron chi connectivity index (χ4n) is 11.5. The number of anilines is 4. The first-order valence-corrected chi connectivity index (χ1v) is 37.5. The highest BCUT2D eigenvalue weighted by Gasteiger charge is 2.28. The second-order valence-corrected chi connectivity index (χ2v) is 25.9. The van der Waals surface area contributed by atoms with Gasteiger partial charge in [0.15, 0.2) is 0 Å². The molecule has 4 rings (SSSR count). The van der Waals surface area contributed by atoms with Gasteiger partial charge in [0.2, 0.25) is 23.8 Å². The van der Waals surface area contributed by atoms with E-state index in [1.54, 1.807) is 9.80 Å². The Morgan fingerprint density at radius 2 is 0.926 bits per heavy atom. The number of unbranched alkanes of at least 4 members (excludes halogenated alkanes) is 8. The number of aromatic nitrogens is 3. The summed E-state index contributed by atoms with van der Waals surface area (Å²) in [5, 5.41) is 82.8. The molecule has 38 heteroatoms. The number of benzene rings is 1. The van der Waals surface area contributed by atoms with Crippen LogP contribution < -0.4 is 36.8 Å². The Kier molecular flexibility index (Phi) is 49.8. The summed E-state index contributed by atoms with van der Waals surface area (Å²) in [6.07, 6.45) is 8.87. The maximum Gasteiger partial charge on any atom is 0.326 e. The van der Waals surface area contributed by atoms with E-state index in [2.05, 4.69) is 41.7 Å². The molecule has 13 N–H and O–H groups in total. The van der Waals surface area contributed by atoms with Gasteiger partial charge in [-0.2, -0.15) is 15.0 Å². The largest absolute Gasteiger partial charge is 0.481 e. The fraction of sp³-hybridized carbons (Fsp3) is 0.743. The van der Waals surface area contributed by atoms with Gasteiger partial charge in [-0.15, -0.1) is 0 Å². The van der Waals surface area contributed by atoms with Crippen LogP contribution in [-0.4, -0.2) is 359 Å². The smallest absolute Gasteiger partial charge is 0.326 e. The lowest BCUT2D eigenvalue weighted by molar-refractivity contribution is -0.141. The van der Waals surface area contributed by atoms with Gasteiger partial charge in [-0.1, -0.05) is 50.7 Å². The van der Waals surface area contributed by atoms with Crippen LogP contribution in [0.3, 0.4) is 0 Å². The average molecular weight is 1540 g/mol. The molecule has 2 aliphatic rings. The van der Waals surface area contributed by atoms with Crippen molar-refractivity contribution in [2.45, 2.75) is 121 Å². The number of aliphatic carboxylic acids is 7. The molecule has 612 valence electrons. The summed E-state index contributed by atoms with van der Waals surface area (Å²) in [6, 6.07) is 3.37. The Balaban J connectivity index is 1.19. The molecule has 2 unspecified atom stereocenters. The van der Waals surface area contributed by atoms with Crippen LogP contribution in [-0.2, 0) is 82.7 Å². The van der Waals surface area contributed by atoms with Gasteiger partial charge in [0.25, 0.3) is 0 Å². The van der Waals surface area contributed by atoms with Crippen LogP contribution >= 0.6 is 0 Å². The molecule has 2 aliphatic heterocycles. The molecule has 108 heavy (non-hydrogen) atoms. The second-order valence-electron chi connectivity index (χ2n) is 25.9. The standard InChI is InChI=1S/C70H118N14O24/c85-59(72-20-9-8-11-57(65(96)97)75-70(100)76-58(66(98)99)17-18-60(86)87)12-7-5-3-1-2-4-6-10-24-80-29-31-83(32-30-80)69-78-67(73-23-34-102-36-38-104-40-42-106-44-46-108-48-47-107-45-43-105-41-39-103-37-35-101-33-19-61(88)89)77-68(79-69)74-55-15-13-54(14-16-55)49-56-50-82(52-63(92)93)28-27-81(51-62(90)91)25-21-71-22-26-84(56)53-64(94)95/h13-16,56-58,71H,1-12,17-53H2,(H,72,85)(H,86,87)(H,88,89)(H,90,91)(H,92,93)(H,94,95)(H,96,97)(H,98,99)(H2,75,76,100)(H2,73,74,77,78,79)/t56?,57-,58?/m0/s1. The summed E-state index contributed by atoms with van der Waals surface area (Å²) in [5.41, 5.74) is 1.56. The summed E-state index contributed by atoms with van der Waals surface area (Å²) < 4.78 is 44.2. The molecule has 2 fully saturated rings. The van der Waals surface area contributed by atoms with Gasteiger partial charge < -0.3 is 110 Å². The zero-order valence-corrected chi connectivity index (χ0v) is 62.3. The average Bonchev–Trinajstić information content (AvgIpc) is 0.831. The van der Waals surface area contributed by atoms with Crippen molar-refractivity contribution in [3.8, 4) is 0 Å². The Bertz CT molecular complexity index is 2870. The molecule has 0 radical (unpaired) electrons. The minimum atomic E-state index is -1.50. The Morgan fingerprint density at radius 1 is 0.444 bits per heavy atom. The number of piperazine rings is 1. The van der Waals surface area contributed by atoms with Gasteiger partial charge in [-0.25, -0.2) is 14.4 Å². The summed E-state index contributed by atoms with van der Waals surface area (Å²) in [7, 11) is 0. The van der Waals surface area contributed by atoms with E-state index in [1.165, 1.54) is 0 Å². The van der Waals surface area contributed by atoms with E-state index in [0.29, 0.717) is 207 Å². The van der Waals surface area contributed by atoms with Crippen LogP contribution in [0.2, 0.25) is 0 Å². The van der Waals surface area contributed by atoms with Gasteiger partial charge >= 0.3 is 47.8 Å². The SMILES string of the molecule is O=C(O)CCOCCOCCOCCOCCOCCOCCOCCOCCNc1nc(Nc2ccc(CC3CN(CC(=O)O)CCN(CC(=O)O)CCNCCN3CC(=O)O)cc2)nc(N2CCN(CCCCCCCCCCC(=O)NCCCC[C@H](NC(=O)NC(CCC(=O)O)C(=O)O)C(=O)O)CC2)n1. The molecule has 0 saturated carbocycles. The van der Waals surface area contributed by atoms with Crippen molar-refractivity contribution in [1.29, 1.82) is 0 Å². The van der Waals surface area contributed by atoms with E-state index in [0.717, 1.165) is 76.6 Å². The minimum absolute atomic E-state index is 0.0370. The third kappa shape index (κ3) is 46.5. The number of hydrogen-bond acceptors (Lipinski definition) is 28. The zero-order valence-electron chi connectivity index (χ0n) is 62.3. The number of amides is 3. The van der Waals surface area contributed by atoms with Crippen molar-refractivity contribution in [3.63, 3.8) is 0 Å². The van der Waals surface area contributed by atoms with E-state index in [-0.39, 0.29) is 64.5 Å². The first kappa shape index (κ1) is 92.5. The van der Waals surface area contributed by atoms with Crippen LogP contribution in [0, 0.1) is 0 Å². The maximum absolute atomic E-state index is 12.5.